The van der Waals surface area contributed by atoms with Gasteiger partial charge in [-0.05, 0) is 36.3 Å². The topological polar surface area (TPSA) is 42.2 Å². The van der Waals surface area contributed by atoms with Gasteiger partial charge in [0.1, 0.15) is 5.76 Å². The Labute approximate surface area is 106 Å². The predicted octanol–water partition coefficient (Wildman–Crippen LogP) is 2.92. The summed E-state index contributed by atoms with van der Waals surface area (Å²) < 4.78 is 5.13. The molecule has 2 rings (SSSR count). The number of furan rings is 1. The molecule has 1 aromatic heterocycles. The molecule has 0 aliphatic carbocycles. The minimum atomic E-state index is -0.130. The summed E-state index contributed by atoms with van der Waals surface area (Å²) in [7, 11) is 0. The van der Waals surface area contributed by atoms with E-state index in [1.807, 2.05) is 43.3 Å². The molecule has 1 heterocycles. The van der Waals surface area contributed by atoms with Crippen LogP contribution in [0, 0.1) is 6.92 Å². The smallest absolute Gasteiger partial charge is 0.244 e. The Balaban J connectivity index is 1.89. The van der Waals surface area contributed by atoms with Gasteiger partial charge in [-0.2, -0.15) is 0 Å². The first-order valence-electron chi connectivity index (χ1n) is 5.79. The lowest BCUT2D eigenvalue weighted by Crippen LogP contribution is -2.19. The highest BCUT2D eigenvalue weighted by atomic mass is 16.3. The van der Waals surface area contributed by atoms with Crippen LogP contribution in [0.25, 0.3) is 6.08 Å². The number of amides is 1. The fraction of sp³-hybridized carbons (Fsp3) is 0.133. The Kier molecular flexibility index (Phi) is 3.97. The maximum Gasteiger partial charge on any atom is 0.244 e. The first-order valence-corrected chi connectivity index (χ1v) is 5.79. The number of nitrogens with one attached hydrogen (secondary N) is 1. The molecular weight excluding hydrogens is 226 g/mol. The van der Waals surface area contributed by atoms with E-state index in [0.717, 1.165) is 16.9 Å². The van der Waals surface area contributed by atoms with Crippen molar-refractivity contribution >= 4 is 12.0 Å². The summed E-state index contributed by atoms with van der Waals surface area (Å²) in [6.45, 7) is 2.42. The Morgan fingerprint density at radius 2 is 2.11 bits per heavy atom. The van der Waals surface area contributed by atoms with Crippen molar-refractivity contribution in [3.8, 4) is 0 Å². The molecular formula is C15H15NO2. The van der Waals surface area contributed by atoms with Gasteiger partial charge < -0.3 is 9.73 Å². The third-order valence-corrected chi connectivity index (χ3v) is 2.62. The van der Waals surface area contributed by atoms with Crippen molar-refractivity contribution in [1.82, 2.24) is 5.32 Å². The molecule has 0 saturated carbocycles. The number of aryl methyl sites for hydroxylation is 1. The molecule has 1 aromatic carbocycles. The number of rotatable bonds is 4. The molecule has 0 fully saturated rings. The molecule has 18 heavy (non-hydrogen) atoms. The van der Waals surface area contributed by atoms with E-state index >= 15 is 0 Å². The van der Waals surface area contributed by atoms with E-state index in [2.05, 4.69) is 5.32 Å². The summed E-state index contributed by atoms with van der Waals surface area (Å²) in [5.74, 6) is 0.613. The molecule has 1 amide bonds. The second kappa shape index (κ2) is 5.87. The van der Waals surface area contributed by atoms with E-state index in [1.165, 1.54) is 6.08 Å². The van der Waals surface area contributed by atoms with Crippen LogP contribution in [-0.4, -0.2) is 5.91 Å². The lowest BCUT2D eigenvalue weighted by atomic mass is 10.1. The molecule has 3 nitrogen and oxygen atoms in total. The second-order valence-electron chi connectivity index (χ2n) is 3.99. The molecule has 0 radical (unpaired) electrons. The van der Waals surface area contributed by atoms with Crippen LogP contribution in [0.2, 0.25) is 0 Å². The van der Waals surface area contributed by atoms with Crippen LogP contribution in [0.15, 0.2) is 53.2 Å². The van der Waals surface area contributed by atoms with E-state index in [0.29, 0.717) is 6.54 Å². The van der Waals surface area contributed by atoms with E-state index in [9.17, 15) is 4.79 Å². The van der Waals surface area contributed by atoms with Gasteiger partial charge in [0.15, 0.2) is 0 Å². The van der Waals surface area contributed by atoms with E-state index < -0.39 is 0 Å². The van der Waals surface area contributed by atoms with E-state index in [4.69, 9.17) is 4.42 Å². The fourth-order valence-corrected chi connectivity index (χ4v) is 1.59. The highest BCUT2D eigenvalue weighted by Crippen LogP contribution is 2.08. The molecule has 92 valence electrons. The third kappa shape index (κ3) is 3.35. The molecule has 3 heteroatoms. The van der Waals surface area contributed by atoms with Gasteiger partial charge in [0, 0.05) is 6.08 Å². The largest absolute Gasteiger partial charge is 0.467 e. The molecule has 2 aromatic rings. The summed E-state index contributed by atoms with van der Waals surface area (Å²) in [6.07, 6.45) is 4.93. The summed E-state index contributed by atoms with van der Waals surface area (Å²) in [5.41, 5.74) is 2.19. The first kappa shape index (κ1) is 12.2. The van der Waals surface area contributed by atoms with E-state index in [1.54, 1.807) is 12.3 Å². The summed E-state index contributed by atoms with van der Waals surface area (Å²) in [6, 6.07) is 11.5. The average Bonchev–Trinajstić information content (AvgIpc) is 2.88. The highest BCUT2D eigenvalue weighted by Gasteiger charge is 1.99. The summed E-state index contributed by atoms with van der Waals surface area (Å²) >= 11 is 0. The van der Waals surface area contributed by atoms with Crippen LogP contribution in [0.1, 0.15) is 16.9 Å². The van der Waals surface area contributed by atoms with E-state index in [-0.39, 0.29) is 5.91 Å². The van der Waals surface area contributed by atoms with Crippen molar-refractivity contribution in [3.05, 3.63) is 65.6 Å². The van der Waals surface area contributed by atoms with Gasteiger partial charge in [0.2, 0.25) is 5.91 Å². The summed E-state index contributed by atoms with van der Waals surface area (Å²) in [5, 5.41) is 2.76. The van der Waals surface area contributed by atoms with Gasteiger partial charge in [0.25, 0.3) is 0 Å². The average molecular weight is 241 g/mol. The van der Waals surface area contributed by atoms with Gasteiger partial charge in [0.05, 0.1) is 12.8 Å². The van der Waals surface area contributed by atoms with Gasteiger partial charge in [-0.1, -0.05) is 24.3 Å². The highest BCUT2D eigenvalue weighted by molar-refractivity contribution is 5.91. The Morgan fingerprint density at radius 3 is 2.83 bits per heavy atom. The zero-order valence-electron chi connectivity index (χ0n) is 10.2. The molecule has 0 unspecified atom stereocenters. The van der Waals surface area contributed by atoms with Gasteiger partial charge >= 0.3 is 0 Å². The molecule has 0 atom stereocenters. The van der Waals surface area contributed by atoms with Crippen molar-refractivity contribution in [2.45, 2.75) is 13.5 Å². The first-order chi connectivity index (χ1) is 8.75. The molecule has 0 bridgehead atoms. The normalized spacial score (nSPS) is 10.7. The Morgan fingerprint density at radius 1 is 1.28 bits per heavy atom. The molecule has 0 aliphatic rings. The van der Waals surface area contributed by atoms with Crippen molar-refractivity contribution < 1.29 is 9.21 Å². The predicted molar refractivity (Wildman–Crippen MR) is 70.8 cm³/mol. The standard InChI is InChI=1S/C15H15NO2/c1-12-5-2-3-6-13(12)8-9-15(17)16-11-14-7-4-10-18-14/h2-10H,11H2,1H3,(H,16,17)/b9-8+. The summed E-state index contributed by atoms with van der Waals surface area (Å²) in [4.78, 5) is 11.6. The number of carbonyl (C=O) groups excluding carboxylic acids is 1. The van der Waals surface area contributed by atoms with Gasteiger partial charge in [-0.15, -0.1) is 0 Å². The second-order valence-corrected chi connectivity index (χ2v) is 3.99. The molecule has 0 aliphatic heterocycles. The minimum Gasteiger partial charge on any atom is -0.467 e. The lowest BCUT2D eigenvalue weighted by Gasteiger charge is -2.00. The van der Waals surface area contributed by atoms with Crippen LogP contribution in [0.5, 0.6) is 0 Å². The number of carbonyl (C=O) groups is 1. The Hall–Kier alpha value is -2.29. The van der Waals surface area contributed by atoms with Crippen LogP contribution in [0.3, 0.4) is 0 Å². The van der Waals surface area contributed by atoms with Crippen molar-refractivity contribution in [2.24, 2.45) is 0 Å². The number of hydrogen-bond donors (Lipinski definition) is 1. The van der Waals surface area contributed by atoms with Crippen molar-refractivity contribution in [3.63, 3.8) is 0 Å². The monoisotopic (exact) mass is 241 g/mol. The van der Waals surface area contributed by atoms with Crippen LogP contribution >= 0.6 is 0 Å². The quantitative estimate of drug-likeness (QED) is 0.836. The fourth-order valence-electron chi connectivity index (χ4n) is 1.59. The number of benzene rings is 1. The van der Waals surface area contributed by atoms with Crippen LogP contribution < -0.4 is 5.32 Å². The molecule has 0 spiro atoms. The SMILES string of the molecule is Cc1ccccc1/C=C/C(=O)NCc1ccco1. The van der Waals surface area contributed by atoms with Crippen molar-refractivity contribution in [2.75, 3.05) is 0 Å². The maximum atomic E-state index is 11.6. The Bertz CT molecular complexity index is 541. The third-order valence-electron chi connectivity index (χ3n) is 2.62. The zero-order chi connectivity index (χ0) is 12.8. The zero-order valence-corrected chi connectivity index (χ0v) is 10.2. The van der Waals surface area contributed by atoms with Crippen molar-refractivity contribution in [1.29, 1.82) is 0 Å². The number of hydrogen-bond acceptors (Lipinski definition) is 2. The lowest BCUT2D eigenvalue weighted by molar-refractivity contribution is -0.116. The molecule has 0 saturated heterocycles. The molecule has 1 N–H and O–H groups in total. The van der Waals surface area contributed by atoms with Gasteiger partial charge in [-0.3, -0.25) is 4.79 Å². The van der Waals surface area contributed by atoms with Crippen LogP contribution in [-0.2, 0) is 11.3 Å². The minimum absolute atomic E-state index is 0.130. The maximum absolute atomic E-state index is 11.6. The van der Waals surface area contributed by atoms with Crippen LogP contribution in [0.4, 0.5) is 0 Å². The van der Waals surface area contributed by atoms with Gasteiger partial charge in [-0.25, -0.2) is 0 Å².